The Kier molecular flexibility index (Phi) is 4.16. The van der Waals surface area contributed by atoms with Gasteiger partial charge in [-0.05, 0) is 42.7 Å². The van der Waals surface area contributed by atoms with Crippen LogP contribution in [0.3, 0.4) is 0 Å². The SMILES string of the molecule is O=C(O)C1(C(=O)Nc2cccc(COCc3ccco3)c2)CC1. The molecule has 1 saturated carbocycles. The Hall–Kier alpha value is -2.60. The van der Waals surface area contributed by atoms with Gasteiger partial charge in [-0.1, -0.05) is 12.1 Å². The Morgan fingerprint density at radius 3 is 2.70 bits per heavy atom. The van der Waals surface area contributed by atoms with E-state index in [1.807, 2.05) is 12.1 Å². The number of benzene rings is 1. The van der Waals surface area contributed by atoms with Crippen LogP contribution in [-0.4, -0.2) is 17.0 Å². The summed E-state index contributed by atoms with van der Waals surface area (Å²) >= 11 is 0. The molecule has 2 aromatic rings. The minimum Gasteiger partial charge on any atom is -0.480 e. The molecule has 0 spiro atoms. The number of carbonyl (C=O) groups excluding carboxylic acids is 1. The number of carbonyl (C=O) groups is 2. The fourth-order valence-corrected chi connectivity index (χ4v) is 2.32. The van der Waals surface area contributed by atoms with Crippen LogP contribution in [0, 0.1) is 5.41 Å². The fraction of sp³-hybridized carbons (Fsp3) is 0.294. The van der Waals surface area contributed by atoms with Crippen LogP contribution in [-0.2, 0) is 27.5 Å². The second-order valence-corrected chi connectivity index (χ2v) is 5.61. The monoisotopic (exact) mass is 315 g/mol. The molecule has 23 heavy (non-hydrogen) atoms. The first kappa shape index (κ1) is 15.3. The fourth-order valence-electron chi connectivity index (χ4n) is 2.32. The van der Waals surface area contributed by atoms with E-state index in [0.717, 1.165) is 11.3 Å². The highest BCUT2D eigenvalue weighted by Gasteiger charge is 2.57. The molecule has 0 saturated heterocycles. The highest BCUT2D eigenvalue weighted by molar-refractivity contribution is 6.10. The molecule has 6 nitrogen and oxygen atoms in total. The summed E-state index contributed by atoms with van der Waals surface area (Å²) in [5, 5.41) is 11.8. The van der Waals surface area contributed by atoms with Gasteiger partial charge in [-0.2, -0.15) is 0 Å². The average molecular weight is 315 g/mol. The Balaban J connectivity index is 1.57. The Morgan fingerprint density at radius 2 is 2.04 bits per heavy atom. The zero-order valence-electron chi connectivity index (χ0n) is 12.5. The van der Waals surface area contributed by atoms with Crippen molar-refractivity contribution in [2.45, 2.75) is 26.1 Å². The third-order valence-electron chi connectivity index (χ3n) is 3.87. The molecule has 6 heteroatoms. The van der Waals surface area contributed by atoms with Gasteiger partial charge in [0.25, 0.3) is 0 Å². The normalized spacial score (nSPS) is 15.1. The van der Waals surface area contributed by atoms with Gasteiger partial charge in [0.15, 0.2) is 0 Å². The predicted molar refractivity (Wildman–Crippen MR) is 81.6 cm³/mol. The minimum atomic E-state index is -1.24. The van der Waals surface area contributed by atoms with Crippen LogP contribution in [0.2, 0.25) is 0 Å². The molecule has 1 amide bonds. The maximum Gasteiger partial charge on any atom is 0.319 e. The minimum absolute atomic E-state index is 0.367. The summed E-state index contributed by atoms with van der Waals surface area (Å²) in [7, 11) is 0. The Morgan fingerprint density at radius 1 is 1.22 bits per heavy atom. The lowest BCUT2D eigenvalue weighted by molar-refractivity contribution is -0.147. The predicted octanol–water partition coefficient (Wildman–Crippen LogP) is 2.80. The van der Waals surface area contributed by atoms with Crippen molar-refractivity contribution in [3.8, 4) is 0 Å². The van der Waals surface area contributed by atoms with Crippen molar-refractivity contribution in [3.63, 3.8) is 0 Å². The van der Waals surface area contributed by atoms with Crippen molar-refractivity contribution in [1.82, 2.24) is 0 Å². The number of nitrogens with one attached hydrogen (secondary N) is 1. The number of carboxylic acid groups (broad SMARTS) is 1. The molecule has 0 bridgehead atoms. The van der Waals surface area contributed by atoms with Crippen LogP contribution < -0.4 is 5.32 Å². The van der Waals surface area contributed by atoms with E-state index in [1.165, 1.54) is 0 Å². The van der Waals surface area contributed by atoms with Crippen molar-refractivity contribution in [3.05, 3.63) is 54.0 Å². The van der Waals surface area contributed by atoms with Gasteiger partial charge < -0.3 is 19.6 Å². The van der Waals surface area contributed by atoms with E-state index in [9.17, 15) is 9.59 Å². The first-order valence-corrected chi connectivity index (χ1v) is 7.34. The molecule has 1 aromatic heterocycles. The van der Waals surface area contributed by atoms with Gasteiger partial charge in [0.05, 0.1) is 12.9 Å². The zero-order valence-corrected chi connectivity index (χ0v) is 12.5. The van der Waals surface area contributed by atoms with Crippen LogP contribution in [0.5, 0.6) is 0 Å². The third-order valence-corrected chi connectivity index (χ3v) is 3.87. The molecular formula is C17H17NO5. The molecule has 0 atom stereocenters. The maximum atomic E-state index is 12.1. The van der Waals surface area contributed by atoms with Gasteiger partial charge in [-0.15, -0.1) is 0 Å². The molecule has 1 aliphatic carbocycles. The largest absolute Gasteiger partial charge is 0.480 e. The molecule has 3 rings (SSSR count). The average Bonchev–Trinajstić information content (AvgIpc) is 3.20. The molecule has 1 aliphatic rings. The first-order valence-electron chi connectivity index (χ1n) is 7.34. The number of hydrogen-bond acceptors (Lipinski definition) is 4. The second-order valence-electron chi connectivity index (χ2n) is 5.61. The molecule has 0 aliphatic heterocycles. The van der Waals surface area contributed by atoms with Crippen LogP contribution >= 0.6 is 0 Å². The van der Waals surface area contributed by atoms with Crippen molar-refractivity contribution in [2.75, 3.05) is 5.32 Å². The Labute approximate surface area is 133 Å². The Bertz CT molecular complexity index is 704. The summed E-state index contributed by atoms with van der Waals surface area (Å²) in [6.45, 7) is 0.736. The third kappa shape index (κ3) is 3.43. The lowest BCUT2D eigenvalue weighted by Gasteiger charge is -2.12. The van der Waals surface area contributed by atoms with Crippen molar-refractivity contribution in [1.29, 1.82) is 0 Å². The van der Waals surface area contributed by atoms with Crippen LogP contribution in [0.25, 0.3) is 0 Å². The number of hydrogen-bond donors (Lipinski definition) is 2. The zero-order chi connectivity index (χ0) is 16.3. The van der Waals surface area contributed by atoms with E-state index in [2.05, 4.69) is 5.32 Å². The smallest absolute Gasteiger partial charge is 0.319 e. The molecule has 0 radical (unpaired) electrons. The summed E-state index contributed by atoms with van der Waals surface area (Å²) in [6.07, 6.45) is 2.37. The molecule has 1 fully saturated rings. The number of amides is 1. The number of rotatable bonds is 7. The van der Waals surface area contributed by atoms with Crippen molar-refractivity contribution < 1.29 is 23.8 Å². The molecular weight excluding hydrogens is 298 g/mol. The number of anilines is 1. The lowest BCUT2D eigenvalue weighted by atomic mass is 10.1. The van der Waals surface area contributed by atoms with Crippen molar-refractivity contribution >= 4 is 17.6 Å². The summed E-state index contributed by atoms with van der Waals surface area (Å²) in [4.78, 5) is 23.2. The van der Waals surface area contributed by atoms with E-state index in [4.69, 9.17) is 14.3 Å². The number of carboxylic acids is 1. The van der Waals surface area contributed by atoms with Gasteiger partial charge in [-0.3, -0.25) is 9.59 Å². The molecule has 0 unspecified atom stereocenters. The number of aliphatic carboxylic acids is 1. The number of ether oxygens (including phenoxy) is 1. The molecule has 2 N–H and O–H groups in total. The summed E-state index contributed by atoms with van der Waals surface area (Å²) in [5.41, 5.74) is 0.211. The van der Waals surface area contributed by atoms with E-state index in [-0.39, 0.29) is 0 Å². The highest BCUT2D eigenvalue weighted by atomic mass is 16.5. The van der Waals surface area contributed by atoms with Crippen molar-refractivity contribution in [2.24, 2.45) is 5.41 Å². The van der Waals surface area contributed by atoms with Gasteiger partial charge in [0.1, 0.15) is 17.8 Å². The van der Waals surface area contributed by atoms with Crippen LogP contribution in [0.4, 0.5) is 5.69 Å². The lowest BCUT2D eigenvalue weighted by Crippen LogP contribution is -2.31. The maximum absolute atomic E-state index is 12.1. The van der Waals surface area contributed by atoms with E-state index < -0.39 is 17.3 Å². The molecule has 1 heterocycles. The summed E-state index contributed by atoms with van der Waals surface area (Å²) in [5.74, 6) is -0.779. The van der Waals surface area contributed by atoms with E-state index >= 15 is 0 Å². The quantitative estimate of drug-likeness (QED) is 0.767. The summed E-state index contributed by atoms with van der Waals surface area (Å²) < 4.78 is 10.7. The van der Waals surface area contributed by atoms with E-state index in [0.29, 0.717) is 31.7 Å². The highest BCUT2D eigenvalue weighted by Crippen LogP contribution is 2.46. The number of furan rings is 1. The first-order chi connectivity index (χ1) is 11.1. The standard InChI is InChI=1S/C17H17NO5/c19-15(17(6-7-17)16(20)21)18-13-4-1-3-12(9-13)10-22-11-14-5-2-8-23-14/h1-5,8-9H,6-7,10-11H2,(H,18,19)(H,20,21). The molecule has 120 valence electrons. The molecule has 1 aromatic carbocycles. The van der Waals surface area contributed by atoms with E-state index in [1.54, 1.807) is 30.5 Å². The topological polar surface area (TPSA) is 88.8 Å². The van der Waals surface area contributed by atoms with Crippen LogP contribution in [0.1, 0.15) is 24.2 Å². The van der Waals surface area contributed by atoms with Gasteiger partial charge in [0, 0.05) is 5.69 Å². The second kappa shape index (κ2) is 6.26. The van der Waals surface area contributed by atoms with Crippen LogP contribution in [0.15, 0.2) is 47.1 Å². The van der Waals surface area contributed by atoms with Gasteiger partial charge >= 0.3 is 5.97 Å². The van der Waals surface area contributed by atoms with Gasteiger partial charge in [0.2, 0.25) is 5.91 Å². The summed E-state index contributed by atoms with van der Waals surface area (Å²) in [6, 6.07) is 10.8. The van der Waals surface area contributed by atoms with Gasteiger partial charge in [-0.25, -0.2) is 0 Å².